The summed E-state index contributed by atoms with van der Waals surface area (Å²) in [5.74, 6) is -0.524. The number of carbonyl (C=O) groups is 2. The fraction of sp³-hybridized carbons (Fsp3) is 0.600. The Hall–Kier alpha value is -2.08. The Kier molecular flexibility index (Phi) is 6.14. The molecule has 1 aliphatic heterocycles. The van der Waals surface area contributed by atoms with Gasteiger partial charge in [-0.25, -0.2) is 0 Å². The third-order valence-electron chi connectivity index (χ3n) is 5.26. The molecular formula is C20H29N3O3. The van der Waals surface area contributed by atoms with Crippen LogP contribution in [0.5, 0.6) is 0 Å². The molecule has 3 atom stereocenters. The minimum absolute atomic E-state index is 0.0301. The van der Waals surface area contributed by atoms with Gasteiger partial charge in [0.25, 0.3) is 0 Å². The molecule has 6 heteroatoms. The van der Waals surface area contributed by atoms with Gasteiger partial charge in [-0.3, -0.25) is 9.59 Å². The Morgan fingerprint density at radius 3 is 2.42 bits per heavy atom. The van der Waals surface area contributed by atoms with Crippen LogP contribution < -0.4 is 15.5 Å². The minimum atomic E-state index is -0.220. The smallest absolute Gasteiger partial charge is 0.228 e. The molecule has 3 rings (SSSR count). The van der Waals surface area contributed by atoms with Crippen LogP contribution in [-0.2, 0) is 14.3 Å². The Morgan fingerprint density at radius 1 is 1.12 bits per heavy atom. The van der Waals surface area contributed by atoms with Crippen molar-refractivity contribution in [1.29, 1.82) is 0 Å². The quantitative estimate of drug-likeness (QED) is 0.748. The number of carbonyl (C=O) groups excluding carboxylic acids is 2. The summed E-state index contributed by atoms with van der Waals surface area (Å²) in [5.41, 5.74) is 1.92. The van der Waals surface area contributed by atoms with E-state index in [9.17, 15) is 9.59 Å². The lowest BCUT2D eigenvalue weighted by Crippen LogP contribution is -2.33. The summed E-state index contributed by atoms with van der Waals surface area (Å²) in [7, 11) is 0. The zero-order valence-electron chi connectivity index (χ0n) is 15.7. The average Bonchev–Trinajstić information content (AvgIpc) is 3.30. The molecule has 142 valence electrons. The molecule has 2 amide bonds. The number of anilines is 2. The van der Waals surface area contributed by atoms with E-state index in [2.05, 4.69) is 29.4 Å². The first-order valence-corrected chi connectivity index (χ1v) is 9.67. The van der Waals surface area contributed by atoms with Gasteiger partial charge in [-0.1, -0.05) is 0 Å². The Balaban J connectivity index is 1.44. The van der Waals surface area contributed by atoms with Crippen molar-refractivity contribution in [2.75, 3.05) is 36.5 Å². The Bertz CT molecular complexity index is 622. The summed E-state index contributed by atoms with van der Waals surface area (Å²) in [5, 5.41) is 5.84. The molecule has 2 fully saturated rings. The van der Waals surface area contributed by atoms with Crippen LogP contribution in [0.25, 0.3) is 0 Å². The lowest BCUT2D eigenvalue weighted by Gasteiger charge is -2.21. The standard InChI is InChI=1S/C20H29N3O3/c1-3-23(4-2)15-9-7-14(8-10-15)22-20(25)18-12-17(18)19(24)21-13-16-6-5-11-26-16/h7-10,16-18H,3-6,11-13H2,1-2H3,(H,21,24)(H,22,25). The third kappa shape index (κ3) is 4.55. The van der Waals surface area contributed by atoms with Crippen molar-refractivity contribution >= 4 is 23.2 Å². The molecule has 1 saturated carbocycles. The predicted octanol–water partition coefficient (Wildman–Crippen LogP) is 2.40. The van der Waals surface area contributed by atoms with Gasteiger partial charge in [-0.2, -0.15) is 0 Å². The van der Waals surface area contributed by atoms with Gasteiger partial charge >= 0.3 is 0 Å². The highest BCUT2D eigenvalue weighted by Crippen LogP contribution is 2.39. The molecule has 1 aromatic carbocycles. The molecule has 1 aromatic rings. The largest absolute Gasteiger partial charge is 0.376 e. The molecule has 2 N–H and O–H groups in total. The normalized spacial score (nSPS) is 24.2. The van der Waals surface area contributed by atoms with E-state index in [0.29, 0.717) is 13.0 Å². The van der Waals surface area contributed by atoms with Crippen LogP contribution in [0.4, 0.5) is 11.4 Å². The van der Waals surface area contributed by atoms with Crippen molar-refractivity contribution < 1.29 is 14.3 Å². The predicted molar refractivity (Wildman–Crippen MR) is 102 cm³/mol. The molecule has 1 heterocycles. The molecule has 2 aliphatic rings. The van der Waals surface area contributed by atoms with Crippen molar-refractivity contribution in [3.8, 4) is 0 Å². The van der Waals surface area contributed by atoms with Crippen LogP contribution in [-0.4, -0.2) is 44.2 Å². The molecular weight excluding hydrogens is 330 g/mol. The molecule has 1 saturated heterocycles. The summed E-state index contributed by atoms with van der Waals surface area (Å²) in [4.78, 5) is 26.8. The molecule has 1 aliphatic carbocycles. The lowest BCUT2D eigenvalue weighted by molar-refractivity contribution is -0.125. The van der Waals surface area contributed by atoms with Crippen molar-refractivity contribution in [3.05, 3.63) is 24.3 Å². The number of rotatable bonds is 8. The maximum Gasteiger partial charge on any atom is 0.228 e. The summed E-state index contributed by atoms with van der Waals surface area (Å²) >= 11 is 0. The average molecular weight is 359 g/mol. The van der Waals surface area contributed by atoms with E-state index < -0.39 is 0 Å². The molecule has 3 unspecified atom stereocenters. The van der Waals surface area contributed by atoms with Crippen LogP contribution in [0.3, 0.4) is 0 Å². The zero-order chi connectivity index (χ0) is 18.5. The maximum atomic E-state index is 12.4. The fourth-order valence-electron chi connectivity index (χ4n) is 3.50. The first kappa shape index (κ1) is 18.7. The molecule has 26 heavy (non-hydrogen) atoms. The highest BCUT2D eigenvalue weighted by atomic mass is 16.5. The maximum absolute atomic E-state index is 12.4. The molecule has 0 radical (unpaired) electrons. The second kappa shape index (κ2) is 8.54. The molecule has 6 nitrogen and oxygen atoms in total. The number of hydrogen-bond donors (Lipinski definition) is 2. The number of nitrogens with zero attached hydrogens (tertiary/aromatic N) is 1. The van der Waals surface area contributed by atoms with Crippen LogP contribution in [0.2, 0.25) is 0 Å². The van der Waals surface area contributed by atoms with Gasteiger partial charge in [0, 0.05) is 37.6 Å². The van der Waals surface area contributed by atoms with Crippen molar-refractivity contribution in [2.24, 2.45) is 11.8 Å². The van der Waals surface area contributed by atoms with E-state index in [0.717, 1.165) is 43.9 Å². The summed E-state index contributed by atoms with van der Waals surface area (Å²) in [6, 6.07) is 7.86. The Labute approximate surface area is 155 Å². The van der Waals surface area contributed by atoms with Gasteiger partial charge in [-0.05, 0) is 57.4 Å². The van der Waals surface area contributed by atoms with Gasteiger partial charge in [0.15, 0.2) is 0 Å². The Morgan fingerprint density at radius 2 is 1.81 bits per heavy atom. The van der Waals surface area contributed by atoms with E-state index in [1.54, 1.807) is 0 Å². The topological polar surface area (TPSA) is 70.7 Å². The second-order valence-corrected chi connectivity index (χ2v) is 7.04. The van der Waals surface area contributed by atoms with E-state index in [4.69, 9.17) is 4.74 Å². The van der Waals surface area contributed by atoms with Crippen LogP contribution in [0, 0.1) is 11.8 Å². The second-order valence-electron chi connectivity index (χ2n) is 7.04. The van der Waals surface area contributed by atoms with Crippen molar-refractivity contribution in [1.82, 2.24) is 5.32 Å². The molecule has 0 aromatic heterocycles. The number of hydrogen-bond acceptors (Lipinski definition) is 4. The van der Waals surface area contributed by atoms with Crippen LogP contribution in [0.15, 0.2) is 24.3 Å². The highest BCUT2D eigenvalue weighted by Gasteiger charge is 2.48. The van der Waals surface area contributed by atoms with Gasteiger partial charge in [0.2, 0.25) is 11.8 Å². The monoisotopic (exact) mass is 359 g/mol. The summed E-state index contributed by atoms with van der Waals surface area (Å²) in [6.45, 7) is 7.48. The van der Waals surface area contributed by atoms with Gasteiger partial charge < -0.3 is 20.3 Å². The first-order valence-electron chi connectivity index (χ1n) is 9.67. The fourth-order valence-corrected chi connectivity index (χ4v) is 3.50. The number of nitrogens with one attached hydrogen (secondary N) is 2. The summed E-state index contributed by atoms with van der Waals surface area (Å²) in [6.07, 6.45) is 2.82. The van der Waals surface area contributed by atoms with Gasteiger partial charge in [-0.15, -0.1) is 0 Å². The summed E-state index contributed by atoms with van der Waals surface area (Å²) < 4.78 is 5.50. The van der Waals surface area contributed by atoms with E-state index in [1.807, 2.05) is 24.3 Å². The van der Waals surface area contributed by atoms with E-state index in [-0.39, 0.29) is 29.8 Å². The lowest BCUT2D eigenvalue weighted by atomic mass is 10.2. The van der Waals surface area contributed by atoms with Crippen molar-refractivity contribution in [2.45, 2.75) is 39.2 Å². The van der Waals surface area contributed by atoms with Crippen LogP contribution >= 0.6 is 0 Å². The number of amides is 2. The van der Waals surface area contributed by atoms with Gasteiger partial charge in [0.05, 0.1) is 17.9 Å². The van der Waals surface area contributed by atoms with E-state index in [1.165, 1.54) is 0 Å². The third-order valence-corrected chi connectivity index (χ3v) is 5.26. The zero-order valence-corrected chi connectivity index (χ0v) is 15.7. The minimum Gasteiger partial charge on any atom is -0.376 e. The first-order chi connectivity index (χ1) is 12.6. The SMILES string of the molecule is CCN(CC)c1ccc(NC(=O)C2CC2C(=O)NCC2CCCO2)cc1. The van der Waals surface area contributed by atoms with Crippen LogP contribution in [0.1, 0.15) is 33.1 Å². The molecule has 0 bridgehead atoms. The van der Waals surface area contributed by atoms with E-state index >= 15 is 0 Å². The number of ether oxygens (including phenoxy) is 1. The van der Waals surface area contributed by atoms with Crippen molar-refractivity contribution in [3.63, 3.8) is 0 Å². The number of benzene rings is 1. The van der Waals surface area contributed by atoms with Gasteiger partial charge in [0.1, 0.15) is 0 Å². The molecule has 0 spiro atoms. The highest BCUT2D eigenvalue weighted by molar-refractivity contribution is 5.99.